The fourth-order valence-corrected chi connectivity index (χ4v) is 1.90. The molecule has 0 N–H and O–H groups in total. The minimum absolute atomic E-state index is 0.274. The van der Waals surface area contributed by atoms with Crippen LogP contribution in [0.15, 0.2) is 36.4 Å². The van der Waals surface area contributed by atoms with Gasteiger partial charge in [-0.3, -0.25) is 0 Å². The zero-order chi connectivity index (χ0) is 11.7. The van der Waals surface area contributed by atoms with Crippen LogP contribution in [0.1, 0.15) is 0 Å². The third-order valence-electron chi connectivity index (χ3n) is 2.89. The van der Waals surface area contributed by atoms with Gasteiger partial charge in [-0.05, 0) is 12.1 Å². The Labute approximate surface area is 99.9 Å². The molecular weight excluding hydrogens is 216 g/mol. The van der Waals surface area contributed by atoms with E-state index in [4.69, 9.17) is 14.2 Å². The molecule has 0 spiro atoms. The van der Waals surface area contributed by atoms with Crippen molar-refractivity contribution in [3.05, 3.63) is 36.4 Å². The Morgan fingerprint density at radius 3 is 2.41 bits per heavy atom. The van der Waals surface area contributed by atoms with Gasteiger partial charge < -0.3 is 14.2 Å². The van der Waals surface area contributed by atoms with Gasteiger partial charge in [-0.1, -0.05) is 24.3 Å². The van der Waals surface area contributed by atoms with Crippen molar-refractivity contribution in [1.82, 2.24) is 0 Å². The first-order chi connectivity index (χ1) is 8.38. The lowest BCUT2D eigenvalue weighted by Gasteiger charge is -2.10. The molecule has 0 aromatic heterocycles. The van der Waals surface area contributed by atoms with Crippen LogP contribution in [-0.2, 0) is 4.74 Å². The number of rotatable bonds is 4. The summed E-state index contributed by atoms with van der Waals surface area (Å²) < 4.78 is 16.2. The summed E-state index contributed by atoms with van der Waals surface area (Å²) >= 11 is 0. The molecule has 1 fully saturated rings. The highest BCUT2D eigenvalue weighted by Gasteiger charge is 2.23. The van der Waals surface area contributed by atoms with Gasteiger partial charge in [0.1, 0.15) is 24.2 Å². The molecule has 17 heavy (non-hydrogen) atoms. The number of methoxy groups -OCH3 is 1. The van der Waals surface area contributed by atoms with Crippen LogP contribution in [0.4, 0.5) is 0 Å². The zero-order valence-corrected chi connectivity index (χ0v) is 9.68. The third kappa shape index (κ3) is 2.06. The predicted molar refractivity (Wildman–Crippen MR) is 65.7 cm³/mol. The van der Waals surface area contributed by atoms with E-state index in [0.717, 1.165) is 28.9 Å². The lowest BCUT2D eigenvalue weighted by Crippen LogP contribution is -2.04. The molecule has 1 aliphatic heterocycles. The van der Waals surface area contributed by atoms with E-state index in [1.165, 1.54) is 0 Å². The first-order valence-electron chi connectivity index (χ1n) is 5.68. The van der Waals surface area contributed by atoms with E-state index >= 15 is 0 Å². The van der Waals surface area contributed by atoms with Gasteiger partial charge in [-0.15, -0.1) is 0 Å². The van der Waals surface area contributed by atoms with Crippen LogP contribution in [0, 0.1) is 0 Å². The van der Waals surface area contributed by atoms with Crippen molar-refractivity contribution in [3.63, 3.8) is 0 Å². The molecule has 0 bridgehead atoms. The van der Waals surface area contributed by atoms with E-state index in [-0.39, 0.29) is 6.10 Å². The van der Waals surface area contributed by atoms with E-state index in [0.29, 0.717) is 6.61 Å². The highest BCUT2D eigenvalue weighted by molar-refractivity contribution is 5.93. The summed E-state index contributed by atoms with van der Waals surface area (Å²) in [6.45, 7) is 1.43. The summed E-state index contributed by atoms with van der Waals surface area (Å²) in [6.07, 6.45) is 0.274. The van der Waals surface area contributed by atoms with Crippen molar-refractivity contribution in [2.45, 2.75) is 6.10 Å². The third-order valence-corrected chi connectivity index (χ3v) is 2.89. The fourth-order valence-electron chi connectivity index (χ4n) is 1.90. The van der Waals surface area contributed by atoms with Crippen LogP contribution >= 0.6 is 0 Å². The lowest BCUT2D eigenvalue weighted by atomic mass is 10.1. The molecule has 3 rings (SSSR count). The van der Waals surface area contributed by atoms with Crippen LogP contribution in [0.3, 0.4) is 0 Å². The maximum atomic E-state index is 5.76. The van der Waals surface area contributed by atoms with E-state index in [1.54, 1.807) is 7.11 Å². The number of hydrogen-bond acceptors (Lipinski definition) is 3. The smallest absolute Gasteiger partial charge is 0.127 e. The van der Waals surface area contributed by atoms with Crippen LogP contribution in [0.25, 0.3) is 10.8 Å². The molecular formula is C14H14O3. The quantitative estimate of drug-likeness (QED) is 0.756. The largest absolute Gasteiger partial charge is 0.496 e. The van der Waals surface area contributed by atoms with Gasteiger partial charge >= 0.3 is 0 Å². The maximum Gasteiger partial charge on any atom is 0.127 e. The molecule has 0 saturated carbocycles. The van der Waals surface area contributed by atoms with Crippen molar-refractivity contribution < 1.29 is 14.2 Å². The average Bonchev–Trinajstić information content (AvgIpc) is 3.19. The van der Waals surface area contributed by atoms with Crippen molar-refractivity contribution >= 4 is 10.8 Å². The summed E-state index contributed by atoms with van der Waals surface area (Å²) in [5, 5.41) is 2.15. The topological polar surface area (TPSA) is 31.0 Å². The molecule has 1 aliphatic rings. The summed E-state index contributed by atoms with van der Waals surface area (Å²) in [4.78, 5) is 0. The summed E-state index contributed by atoms with van der Waals surface area (Å²) in [5.74, 6) is 1.76. The number of ether oxygens (including phenoxy) is 3. The molecule has 1 atom stereocenters. The molecule has 0 radical (unpaired) electrons. The first-order valence-corrected chi connectivity index (χ1v) is 5.68. The van der Waals surface area contributed by atoms with Crippen LogP contribution < -0.4 is 9.47 Å². The first kappa shape index (κ1) is 10.4. The van der Waals surface area contributed by atoms with E-state index < -0.39 is 0 Å². The minimum Gasteiger partial charge on any atom is -0.496 e. The van der Waals surface area contributed by atoms with Crippen molar-refractivity contribution in [1.29, 1.82) is 0 Å². The van der Waals surface area contributed by atoms with Crippen LogP contribution in [0.2, 0.25) is 0 Å². The highest BCUT2D eigenvalue weighted by Crippen LogP contribution is 2.32. The van der Waals surface area contributed by atoms with Crippen LogP contribution in [-0.4, -0.2) is 26.4 Å². The Hall–Kier alpha value is -1.74. The van der Waals surface area contributed by atoms with Crippen molar-refractivity contribution in [2.75, 3.05) is 20.3 Å². The number of hydrogen-bond donors (Lipinski definition) is 0. The van der Waals surface area contributed by atoms with Gasteiger partial charge in [0.15, 0.2) is 0 Å². The summed E-state index contributed by atoms with van der Waals surface area (Å²) in [5.41, 5.74) is 0. The average molecular weight is 230 g/mol. The van der Waals surface area contributed by atoms with Crippen molar-refractivity contribution in [2.24, 2.45) is 0 Å². The number of fused-ring (bicyclic) bond motifs is 1. The standard InChI is InChI=1S/C14H14O3/c1-15-13-6-2-5-12-11(13)4-3-7-14(12)17-9-10-8-16-10/h2-7,10H,8-9H2,1H3/t10-/m1/s1. The van der Waals surface area contributed by atoms with Crippen molar-refractivity contribution in [3.8, 4) is 11.5 Å². The number of benzene rings is 2. The SMILES string of the molecule is COc1cccc2c(OC[C@H]3CO3)cccc12. The Kier molecular flexibility index (Phi) is 2.61. The molecule has 2 aromatic rings. The minimum atomic E-state index is 0.274. The molecule has 1 saturated heterocycles. The summed E-state index contributed by atoms with van der Waals surface area (Å²) in [7, 11) is 1.68. The van der Waals surface area contributed by atoms with Gasteiger partial charge in [0.25, 0.3) is 0 Å². The molecule has 0 amide bonds. The zero-order valence-electron chi connectivity index (χ0n) is 9.68. The lowest BCUT2D eigenvalue weighted by molar-refractivity contribution is 0.265. The Morgan fingerprint density at radius 1 is 1.12 bits per heavy atom. The van der Waals surface area contributed by atoms with Crippen LogP contribution in [0.5, 0.6) is 11.5 Å². The second kappa shape index (κ2) is 4.26. The maximum absolute atomic E-state index is 5.76. The molecule has 2 aromatic carbocycles. The fraction of sp³-hybridized carbons (Fsp3) is 0.286. The number of epoxide rings is 1. The Bertz CT molecular complexity index is 532. The second-order valence-electron chi connectivity index (χ2n) is 4.08. The predicted octanol–water partition coefficient (Wildman–Crippen LogP) is 2.63. The summed E-state index contributed by atoms with van der Waals surface area (Å²) in [6, 6.07) is 12.0. The molecule has 3 nitrogen and oxygen atoms in total. The van der Waals surface area contributed by atoms with E-state index in [9.17, 15) is 0 Å². The molecule has 1 heterocycles. The van der Waals surface area contributed by atoms with Gasteiger partial charge in [-0.2, -0.15) is 0 Å². The monoisotopic (exact) mass is 230 g/mol. The van der Waals surface area contributed by atoms with Gasteiger partial charge in [0.2, 0.25) is 0 Å². The van der Waals surface area contributed by atoms with Gasteiger partial charge in [0, 0.05) is 10.8 Å². The Morgan fingerprint density at radius 2 is 1.76 bits per heavy atom. The highest BCUT2D eigenvalue weighted by atomic mass is 16.6. The van der Waals surface area contributed by atoms with Gasteiger partial charge in [0.05, 0.1) is 13.7 Å². The Balaban J connectivity index is 1.99. The molecule has 3 heteroatoms. The molecule has 0 aliphatic carbocycles. The second-order valence-corrected chi connectivity index (χ2v) is 4.08. The molecule has 88 valence electrons. The normalized spacial score (nSPS) is 18.1. The van der Waals surface area contributed by atoms with Gasteiger partial charge in [-0.25, -0.2) is 0 Å². The molecule has 0 unspecified atom stereocenters. The van der Waals surface area contributed by atoms with E-state index in [2.05, 4.69) is 0 Å². The van der Waals surface area contributed by atoms with E-state index in [1.807, 2.05) is 36.4 Å².